The van der Waals surface area contributed by atoms with Crippen molar-refractivity contribution < 1.29 is 14.2 Å². The van der Waals surface area contributed by atoms with Crippen LogP contribution in [0, 0.1) is 5.82 Å². The van der Waals surface area contributed by atoms with Gasteiger partial charge in [-0.2, -0.15) is 0 Å². The molecule has 0 amide bonds. The SMILES string of the molecule is COc1ccc(CC(C)O)c(F)c1. The molecule has 1 aromatic carbocycles. The normalized spacial score (nSPS) is 12.6. The van der Waals surface area contributed by atoms with Crippen LogP contribution in [0.4, 0.5) is 4.39 Å². The van der Waals surface area contributed by atoms with E-state index in [1.54, 1.807) is 19.1 Å². The van der Waals surface area contributed by atoms with Crippen LogP contribution in [0.5, 0.6) is 5.75 Å². The molecule has 3 heteroatoms. The summed E-state index contributed by atoms with van der Waals surface area (Å²) < 4.78 is 18.1. The molecule has 1 unspecified atom stereocenters. The van der Waals surface area contributed by atoms with E-state index in [1.807, 2.05) is 0 Å². The van der Waals surface area contributed by atoms with Crippen molar-refractivity contribution in [3.63, 3.8) is 0 Å². The number of methoxy groups -OCH3 is 1. The molecule has 0 aliphatic rings. The third-order valence-corrected chi connectivity index (χ3v) is 1.78. The minimum absolute atomic E-state index is 0.329. The number of aliphatic hydroxyl groups is 1. The highest BCUT2D eigenvalue weighted by Crippen LogP contribution is 2.17. The van der Waals surface area contributed by atoms with Crippen LogP contribution in [-0.2, 0) is 6.42 Å². The van der Waals surface area contributed by atoms with Gasteiger partial charge in [0.2, 0.25) is 0 Å². The maximum absolute atomic E-state index is 13.2. The van der Waals surface area contributed by atoms with Gasteiger partial charge in [0, 0.05) is 12.5 Å². The lowest BCUT2D eigenvalue weighted by Gasteiger charge is -2.06. The maximum Gasteiger partial charge on any atom is 0.130 e. The summed E-state index contributed by atoms with van der Waals surface area (Å²) in [6.07, 6.45) is -0.196. The molecule has 13 heavy (non-hydrogen) atoms. The maximum atomic E-state index is 13.2. The lowest BCUT2D eigenvalue weighted by atomic mass is 10.1. The summed E-state index contributed by atoms with van der Waals surface area (Å²) in [6.45, 7) is 1.63. The summed E-state index contributed by atoms with van der Waals surface area (Å²) in [4.78, 5) is 0. The molecule has 0 aliphatic carbocycles. The van der Waals surface area contributed by atoms with Crippen LogP contribution in [0.3, 0.4) is 0 Å². The van der Waals surface area contributed by atoms with Crippen LogP contribution in [0.25, 0.3) is 0 Å². The van der Waals surface area contributed by atoms with Crippen LogP contribution in [0.1, 0.15) is 12.5 Å². The molecule has 0 saturated carbocycles. The second-order valence-corrected chi connectivity index (χ2v) is 3.01. The zero-order chi connectivity index (χ0) is 9.84. The van der Waals surface area contributed by atoms with Gasteiger partial charge < -0.3 is 9.84 Å². The fraction of sp³-hybridized carbons (Fsp3) is 0.400. The first-order chi connectivity index (χ1) is 6.13. The molecular weight excluding hydrogens is 171 g/mol. The molecule has 1 aromatic rings. The van der Waals surface area contributed by atoms with Gasteiger partial charge in [-0.3, -0.25) is 0 Å². The van der Waals surface area contributed by atoms with Gasteiger partial charge >= 0.3 is 0 Å². The minimum Gasteiger partial charge on any atom is -0.497 e. The molecule has 0 heterocycles. The van der Waals surface area contributed by atoms with Crippen LogP contribution in [-0.4, -0.2) is 18.3 Å². The molecule has 0 radical (unpaired) electrons. The molecule has 2 nitrogen and oxygen atoms in total. The van der Waals surface area contributed by atoms with Gasteiger partial charge in [0.1, 0.15) is 11.6 Å². The Bertz CT molecular complexity index is 284. The van der Waals surface area contributed by atoms with Crippen molar-refractivity contribution in [1.29, 1.82) is 0 Å². The van der Waals surface area contributed by atoms with Gasteiger partial charge in [-0.05, 0) is 18.6 Å². The lowest BCUT2D eigenvalue weighted by Crippen LogP contribution is -2.05. The highest BCUT2D eigenvalue weighted by atomic mass is 19.1. The van der Waals surface area contributed by atoms with E-state index in [9.17, 15) is 4.39 Å². The van der Waals surface area contributed by atoms with Gasteiger partial charge in [-0.25, -0.2) is 4.39 Å². The topological polar surface area (TPSA) is 29.5 Å². The first kappa shape index (κ1) is 9.99. The van der Waals surface area contributed by atoms with Crippen molar-refractivity contribution in [2.45, 2.75) is 19.4 Å². The van der Waals surface area contributed by atoms with Gasteiger partial charge in [-0.15, -0.1) is 0 Å². The van der Waals surface area contributed by atoms with E-state index in [0.717, 1.165) is 0 Å². The standard InChI is InChI=1S/C10H13FO2/c1-7(12)5-8-3-4-9(13-2)6-10(8)11/h3-4,6-7,12H,5H2,1-2H3. The molecule has 1 N–H and O–H groups in total. The summed E-state index contributed by atoms with van der Waals surface area (Å²) in [5.41, 5.74) is 0.510. The lowest BCUT2D eigenvalue weighted by molar-refractivity contribution is 0.194. The number of rotatable bonds is 3. The fourth-order valence-electron chi connectivity index (χ4n) is 1.14. The number of hydrogen-bond donors (Lipinski definition) is 1. The predicted octanol–water partition coefficient (Wildman–Crippen LogP) is 1.76. The summed E-state index contributed by atoms with van der Waals surface area (Å²) in [5.74, 6) is 0.159. The molecule has 1 rings (SSSR count). The van der Waals surface area contributed by atoms with Crippen LogP contribution in [0.2, 0.25) is 0 Å². The number of benzene rings is 1. The quantitative estimate of drug-likeness (QED) is 0.775. The predicted molar refractivity (Wildman–Crippen MR) is 48.3 cm³/mol. The number of aliphatic hydroxyl groups excluding tert-OH is 1. The van der Waals surface area contributed by atoms with Crippen molar-refractivity contribution in [1.82, 2.24) is 0 Å². The summed E-state index contributed by atoms with van der Waals surface area (Å²) in [7, 11) is 1.49. The second-order valence-electron chi connectivity index (χ2n) is 3.01. The molecule has 0 spiro atoms. The van der Waals surface area contributed by atoms with Crippen molar-refractivity contribution in [3.05, 3.63) is 29.6 Å². The Hall–Kier alpha value is -1.09. The van der Waals surface area contributed by atoms with Gasteiger partial charge in [0.15, 0.2) is 0 Å². The average Bonchev–Trinajstić information content (AvgIpc) is 2.08. The first-order valence-electron chi connectivity index (χ1n) is 4.14. The van der Waals surface area contributed by atoms with Crippen molar-refractivity contribution in [2.24, 2.45) is 0 Å². The molecule has 0 saturated heterocycles. The molecular formula is C10H13FO2. The third-order valence-electron chi connectivity index (χ3n) is 1.78. The monoisotopic (exact) mass is 184 g/mol. The van der Waals surface area contributed by atoms with Crippen LogP contribution in [0.15, 0.2) is 18.2 Å². The van der Waals surface area contributed by atoms with Crippen molar-refractivity contribution in [2.75, 3.05) is 7.11 Å². The Morgan fingerprint density at radius 2 is 2.23 bits per heavy atom. The number of halogens is 1. The van der Waals surface area contributed by atoms with E-state index >= 15 is 0 Å². The number of hydrogen-bond acceptors (Lipinski definition) is 2. The van der Waals surface area contributed by atoms with Gasteiger partial charge in [0.05, 0.1) is 13.2 Å². The van der Waals surface area contributed by atoms with E-state index in [0.29, 0.717) is 17.7 Å². The summed E-state index contributed by atoms with van der Waals surface area (Å²) >= 11 is 0. The first-order valence-corrected chi connectivity index (χ1v) is 4.14. The largest absolute Gasteiger partial charge is 0.497 e. The van der Waals surface area contributed by atoms with E-state index in [2.05, 4.69) is 0 Å². The minimum atomic E-state index is -0.525. The van der Waals surface area contributed by atoms with Crippen molar-refractivity contribution in [3.8, 4) is 5.75 Å². The van der Waals surface area contributed by atoms with Crippen molar-refractivity contribution >= 4 is 0 Å². The Morgan fingerprint density at radius 1 is 1.54 bits per heavy atom. The molecule has 0 bridgehead atoms. The molecule has 0 aliphatic heterocycles. The van der Waals surface area contributed by atoms with E-state index in [4.69, 9.17) is 9.84 Å². The molecule has 72 valence electrons. The molecule has 0 aromatic heterocycles. The summed E-state index contributed by atoms with van der Waals surface area (Å²) in [6, 6.07) is 4.62. The molecule has 1 atom stereocenters. The van der Waals surface area contributed by atoms with Crippen LogP contribution >= 0.6 is 0 Å². The highest BCUT2D eigenvalue weighted by Gasteiger charge is 2.06. The van der Waals surface area contributed by atoms with E-state index in [1.165, 1.54) is 13.2 Å². The zero-order valence-electron chi connectivity index (χ0n) is 7.75. The van der Waals surface area contributed by atoms with Gasteiger partial charge in [0.25, 0.3) is 0 Å². The summed E-state index contributed by atoms with van der Waals surface area (Å²) in [5, 5.41) is 9.06. The smallest absolute Gasteiger partial charge is 0.130 e. The Kier molecular flexibility index (Phi) is 3.25. The Labute approximate surface area is 77.0 Å². The van der Waals surface area contributed by atoms with Crippen LogP contribution < -0.4 is 4.74 Å². The molecule has 0 fully saturated rings. The third kappa shape index (κ3) is 2.70. The van der Waals surface area contributed by atoms with E-state index in [-0.39, 0.29) is 5.82 Å². The Morgan fingerprint density at radius 3 is 2.69 bits per heavy atom. The van der Waals surface area contributed by atoms with E-state index < -0.39 is 6.10 Å². The van der Waals surface area contributed by atoms with Gasteiger partial charge in [-0.1, -0.05) is 6.07 Å². The Balaban J connectivity index is 2.85. The highest BCUT2D eigenvalue weighted by molar-refractivity contribution is 5.29. The fourth-order valence-corrected chi connectivity index (χ4v) is 1.14. The second kappa shape index (κ2) is 4.23. The zero-order valence-corrected chi connectivity index (χ0v) is 7.75. The average molecular weight is 184 g/mol. The number of ether oxygens (including phenoxy) is 1.